The highest BCUT2D eigenvalue weighted by Crippen LogP contribution is 2.42. The van der Waals surface area contributed by atoms with Gasteiger partial charge in [-0.1, -0.05) is 23.9 Å². The normalized spacial score (nSPS) is 12.4. The van der Waals surface area contributed by atoms with Crippen LogP contribution >= 0.6 is 11.8 Å². The van der Waals surface area contributed by atoms with Crippen LogP contribution in [0.3, 0.4) is 0 Å². The third-order valence-corrected chi connectivity index (χ3v) is 4.45. The Morgan fingerprint density at radius 2 is 1.90 bits per heavy atom. The van der Waals surface area contributed by atoms with Gasteiger partial charge in [-0.25, -0.2) is 4.39 Å². The highest BCUT2D eigenvalue weighted by atomic mass is 32.2. The predicted molar refractivity (Wildman–Crippen MR) is 77.9 cm³/mol. The molecule has 108 valence electrons. The number of fused-ring (bicyclic) bond motifs is 2. The highest BCUT2D eigenvalue weighted by Gasteiger charge is 2.19. The molecular weight excluding hydrogens is 292 g/mol. The molecule has 0 atom stereocenters. The molecule has 0 amide bonds. The first kappa shape index (κ1) is 13.9. The van der Waals surface area contributed by atoms with Crippen LogP contribution in [0.2, 0.25) is 0 Å². The lowest BCUT2D eigenvalue weighted by Gasteiger charge is -2.19. The number of alkyl halides is 1. The summed E-state index contributed by atoms with van der Waals surface area (Å²) in [5.41, 5.74) is 2.32. The van der Waals surface area contributed by atoms with E-state index >= 15 is 0 Å². The van der Waals surface area contributed by atoms with E-state index in [2.05, 4.69) is 0 Å². The molecule has 0 radical (unpaired) electrons. The average Bonchev–Trinajstić information content (AvgIpc) is 2.50. The van der Waals surface area contributed by atoms with Gasteiger partial charge >= 0.3 is 0 Å². The highest BCUT2D eigenvalue weighted by molar-refractivity contribution is 7.99. The molecule has 1 heterocycles. The number of non-ortho nitro benzene ring substituents is 1. The lowest BCUT2D eigenvalue weighted by atomic mass is 10.0. The van der Waals surface area contributed by atoms with Gasteiger partial charge < -0.3 is 4.74 Å². The Kier molecular flexibility index (Phi) is 3.79. The summed E-state index contributed by atoms with van der Waals surface area (Å²) < 4.78 is 17.4. The molecule has 1 aliphatic rings. The summed E-state index contributed by atoms with van der Waals surface area (Å²) in [4.78, 5) is 12.3. The second kappa shape index (κ2) is 5.73. The molecule has 21 heavy (non-hydrogen) atoms. The lowest BCUT2D eigenvalue weighted by molar-refractivity contribution is -0.385. The van der Waals surface area contributed by atoms with Crippen LogP contribution in [0.4, 0.5) is 10.1 Å². The van der Waals surface area contributed by atoms with Crippen molar-refractivity contribution in [2.24, 2.45) is 0 Å². The second-order valence-corrected chi connectivity index (χ2v) is 5.72. The smallest absolute Gasteiger partial charge is 0.270 e. The van der Waals surface area contributed by atoms with Gasteiger partial charge in [0.2, 0.25) is 0 Å². The third kappa shape index (κ3) is 2.85. The molecule has 0 spiro atoms. The fraction of sp³-hybridized carbons (Fsp3) is 0.200. The quantitative estimate of drug-likeness (QED) is 0.540. The molecule has 0 N–H and O–H groups in total. The number of rotatable bonds is 4. The number of nitrogens with zero attached hydrogens (tertiary/aromatic N) is 1. The molecule has 0 bridgehead atoms. The molecule has 0 saturated carbocycles. The zero-order valence-corrected chi connectivity index (χ0v) is 11.9. The first-order valence-electron chi connectivity index (χ1n) is 6.44. The number of benzene rings is 2. The maximum Gasteiger partial charge on any atom is 0.270 e. The van der Waals surface area contributed by atoms with Crippen LogP contribution in [-0.2, 0) is 6.42 Å². The molecular formula is C15H12FNO3S. The molecule has 6 heteroatoms. The van der Waals surface area contributed by atoms with E-state index in [-0.39, 0.29) is 12.3 Å². The van der Waals surface area contributed by atoms with Crippen molar-refractivity contribution in [1.29, 1.82) is 0 Å². The number of nitro benzene ring substituents is 1. The number of nitro groups is 1. The van der Waals surface area contributed by atoms with E-state index in [0.29, 0.717) is 5.75 Å². The van der Waals surface area contributed by atoms with Crippen LogP contribution in [0.25, 0.3) is 0 Å². The van der Waals surface area contributed by atoms with Crippen molar-refractivity contribution in [2.75, 3.05) is 13.3 Å². The van der Waals surface area contributed by atoms with Crippen molar-refractivity contribution in [3.05, 3.63) is 57.6 Å². The fourth-order valence-corrected chi connectivity index (χ4v) is 3.38. The monoisotopic (exact) mass is 304 g/mol. The Morgan fingerprint density at radius 3 is 2.62 bits per heavy atom. The summed E-state index contributed by atoms with van der Waals surface area (Å²) in [6, 6.07) is 10.6. The van der Waals surface area contributed by atoms with Crippen molar-refractivity contribution in [1.82, 2.24) is 0 Å². The average molecular weight is 304 g/mol. The summed E-state index contributed by atoms with van der Waals surface area (Å²) in [5, 5.41) is 10.8. The van der Waals surface area contributed by atoms with Gasteiger partial charge in [-0.2, -0.15) is 0 Å². The van der Waals surface area contributed by atoms with E-state index in [4.69, 9.17) is 4.74 Å². The third-order valence-electron chi connectivity index (χ3n) is 3.25. The van der Waals surface area contributed by atoms with Gasteiger partial charge in [0.15, 0.2) is 0 Å². The van der Waals surface area contributed by atoms with Crippen molar-refractivity contribution in [2.45, 2.75) is 16.2 Å². The first-order valence-corrected chi connectivity index (χ1v) is 7.26. The Morgan fingerprint density at radius 1 is 1.19 bits per heavy atom. The van der Waals surface area contributed by atoms with E-state index in [1.807, 2.05) is 18.2 Å². The summed E-state index contributed by atoms with van der Waals surface area (Å²) in [5.74, 6) is 0.618. The molecule has 0 unspecified atom stereocenters. The lowest BCUT2D eigenvalue weighted by Crippen LogP contribution is -2.03. The molecule has 2 aromatic carbocycles. The van der Waals surface area contributed by atoms with E-state index in [0.717, 1.165) is 27.3 Å². The minimum absolute atomic E-state index is 0.0332. The van der Waals surface area contributed by atoms with E-state index < -0.39 is 11.6 Å². The molecule has 0 aliphatic carbocycles. The van der Waals surface area contributed by atoms with Crippen LogP contribution in [0, 0.1) is 10.1 Å². The number of hydrogen-bond donors (Lipinski definition) is 0. The van der Waals surface area contributed by atoms with Crippen LogP contribution in [-0.4, -0.2) is 18.2 Å². The molecule has 0 saturated heterocycles. The van der Waals surface area contributed by atoms with Crippen molar-refractivity contribution < 1.29 is 14.1 Å². The summed E-state index contributed by atoms with van der Waals surface area (Å²) in [7, 11) is 0. The Balaban J connectivity index is 1.90. The summed E-state index contributed by atoms with van der Waals surface area (Å²) >= 11 is 1.48. The topological polar surface area (TPSA) is 52.4 Å². The zero-order chi connectivity index (χ0) is 14.8. The van der Waals surface area contributed by atoms with Crippen LogP contribution < -0.4 is 4.74 Å². The summed E-state index contributed by atoms with van der Waals surface area (Å²) in [6.07, 6.45) is 0.735. The van der Waals surface area contributed by atoms with Gasteiger partial charge in [-0.15, -0.1) is 0 Å². The number of ether oxygens (including phenoxy) is 1. The molecule has 4 nitrogen and oxygen atoms in total. The van der Waals surface area contributed by atoms with E-state index in [9.17, 15) is 14.5 Å². The zero-order valence-electron chi connectivity index (χ0n) is 11.0. The number of hydrogen-bond acceptors (Lipinski definition) is 4. The minimum atomic E-state index is -0.529. The van der Waals surface area contributed by atoms with Gasteiger partial charge in [-0.05, 0) is 29.7 Å². The Bertz CT molecular complexity index is 705. The van der Waals surface area contributed by atoms with E-state index in [1.54, 1.807) is 12.1 Å². The maximum absolute atomic E-state index is 12.1. The fourth-order valence-electron chi connectivity index (χ4n) is 2.24. The van der Waals surface area contributed by atoms with Crippen molar-refractivity contribution in [3.8, 4) is 5.75 Å². The molecule has 1 aliphatic heterocycles. The molecule has 2 aromatic rings. The molecule has 0 fully saturated rings. The van der Waals surface area contributed by atoms with Crippen molar-refractivity contribution >= 4 is 17.4 Å². The first-order chi connectivity index (χ1) is 10.2. The molecule has 0 aromatic heterocycles. The van der Waals surface area contributed by atoms with Gasteiger partial charge in [0.25, 0.3) is 5.69 Å². The maximum atomic E-state index is 12.1. The van der Waals surface area contributed by atoms with Gasteiger partial charge in [-0.3, -0.25) is 10.1 Å². The van der Waals surface area contributed by atoms with Crippen LogP contribution in [0.1, 0.15) is 11.1 Å². The second-order valence-electron chi connectivity index (χ2n) is 4.63. The van der Waals surface area contributed by atoms with Gasteiger partial charge in [0.1, 0.15) is 19.0 Å². The standard InChI is InChI=1S/C15H12FNO3S/c16-5-6-20-13-4-2-11-7-10-1-3-12(17(18)19)8-14(10)21-15(11)9-13/h1-4,8-9H,5-7H2/i16-1. The summed E-state index contributed by atoms with van der Waals surface area (Å²) in [6.45, 7) is -0.495. The largest absolute Gasteiger partial charge is 0.491 e. The van der Waals surface area contributed by atoms with Gasteiger partial charge in [0, 0.05) is 21.9 Å². The molecule has 3 rings (SSSR count). The van der Waals surface area contributed by atoms with Crippen molar-refractivity contribution in [3.63, 3.8) is 0 Å². The van der Waals surface area contributed by atoms with Crippen LogP contribution in [0.15, 0.2) is 46.2 Å². The van der Waals surface area contributed by atoms with Gasteiger partial charge in [0.05, 0.1) is 4.92 Å². The van der Waals surface area contributed by atoms with E-state index in [1.165, 1.54) is 17.8 Å². The Labute approximate surface area is 125 Å². The Hall–Kier alpha value is -2.08. The predicted octanol–water partition coefficient (Wildman–Crippen LogP) is 4.00. The number of halogens is 1. The SMILES string of the molecule is O=[N+]([O-])c1ccc2c(c1)Sc1cc(OCC[18F])ccc1C2. The minimum Gasteiger partial charge on any atom is -0.491 e. The van der Waals surface area contributed by atoms with Crippen LogP contribution in [0.5, 0.6) is 5.75 Å².